The van der Waals surface area contributed by atoms with Crippen molar-refractivity contribution in [1.29, 1.82) is 0 Å². The molecule has 0 aromatic heterocycles. The summed E-state index contributed by atoms with van der Waals surface area (Å²) in [6, 6.07) is 0. The van der Waals surface area contributed by atoms with E-state index in [0.29, 0.717) is 0 Å². The third kappa shape index (κ3) is 6.70. The molecule has 0 fully saturated rings. The third-order valence-corrected chi connectivity index (χ3v) is 8.15. The Kier molecular flexibility index (Phi) is 9.96. The van der Waals surface area contributed by atoms with Gasteiger partial charge in [0.05, 0.1) is 16.8 Å². The fourth-order valence-electron chi connectivity index (χ4n) is 2.82. The van der Waals surface area contributed by atoms with Crippen LogP contribution in [0.5, 0.6) is 0 Å². The highest BCUT2D eigenvalue weighted by atomic mass is 28.4. The Morgan fingerprint density at radius 3 is 0.707 bits per heavy atom. The molecule has 0 unspecified atom stereocenters. The first-order chi connectivity index (χ1) is 17.1. The van der Waals surface area contributed by atoms with Crippen molar-refractivity contribution in [3.05, 3.63) is 0 Å². The zero-order valence-electron chi connectivity index (χ0n) is 22.7. The van der Waals surface area contributed by atoms with E-state index in [1.54, 1.807) is 0 Å². The normalized spacial score (nSPS) is 16.8. The van der Waals surface area contributed by atoms with Crippen LogP contribution in [-0.4, -0.2) is 72.9 Å². The van der Waals surface area contributed by atoms with Crippen LogP contribution in [0.15, 0.2) is 0 Å². The maximum Gasteiger partial charge on any atom is 0.583 e. The van der Waals surface area contributed by atoms with Crippen molar-refractivity contribution >= 4 is 8.80 Å². The van der Waals surface area contributed by atoms with Crippen LogP contribution in [-0.2, 0) is 13.3 Å². The molecule has 0 aliphatic heterocycles. The van der Waals surface area contributed by atoms with Gasteiger partial charge in [-0.2, -0.15) is 74.6 Å². The minimum Gasteiger partial charge on any atom is -0.365 e. The molecule has 0 bridgehead atoms. The standard InChI is InChI=1S/C20H27F17O3Si/c1-10(2,3)38-41(39-11(4,5)6,40-12(7,8)9)20(36,37)18(31,32)16(27,28)14(23,24)13(21,22)15(25,26)17(29,30)19(33,34)35/h1-9H3. The SMILES string of the molecule is CC(C)(C)O[Si](OC(C)(C)C)(OC(C)(C)C)C(F)(F)C(F)(F)C(F)(F)C(F)(F)C(F)(F)C(F)(F)C(F)(F)C(F)(F)F. The summed E-state index contributed by atoms with van der Waals surface area (Å²) in [7, 11) is -7.08. The van der Waals surface area contributed by atoms with Crippen LogP contribution < -0.4 is 0 Å². The molecule has 0 saturated carbocycles. The Morgan fingerprint density at radius 1 is 0.317 bits per heavy atom. The summed E-state index contributed by atoms with van der Waals surface area (Å²) in [6.45, 7) is 7.27. The van der Waals surface area contributed by atoms with Crippen molar-refractivity contribution in [2.75, 3.05) is 0 Å². The molecule has 0 radical (unpaired) electrons. The van der Waals surface area contributed by atoms with Crippen LogP contribution in [0, 0.1) is 0 Å². The summed E-state index contributed by atoms with van der Waals surface area (Å²) in [4.78, 5) is 0. The molecule has 0 amide bonds. The molecule has 0 aliphatic rings. The highest BCUT2D eigenvalue weighted by Crippen LogP contribution is 2.65. The van der Waals surface area contributed by atoms with Crippen LogP contribution in [0.1, 0.15) is 62.3 Å². The monoisotopic (exact) mass is 666 g/mol. The Morgan fingerprint density at radius 2 is 0.512 bits per heavy atom. The molecule has 0 N–H and O–H groups in total. The summed E-state index contributed by atoms with van der Waals surface area (Å²) >= 11 is 0. The lowest BCUT2D eigenvalue weighted by molar-refractivity contribution is -0.460. The Hall–Kier alpha value is -1.09. The van der Waals surface area contributed by atoms with Gasteiger partial charge in [-0.25, -0.2) is 0 Å². The molecule has 0 rings (SSSR count). The molecule has 248 valence electrons. The largest absolute Gasteiger partial charge is 0.583 e. The molecule has 0 aliphatic carbocycles. The van der Waals surface area contributed by atoms with E-state index in [9.17, 15) is 65.9 Å². The van der Waals surface area contributed by atoms with E-state index >= 15 is 8.78 Å². The van der Waals surface area contributed by atoms with Gasteiger partial charge in [-0.15, -0.1) is 0 Å². The summed E-state index contributed by atoms with van der Waals surface area (Å²) in [5.74, 6) is -50.8. The van der Waals surface area contributed by atoms with E-state index in [1.807, 2.05) is 0 Å². The molecule has 3 nitrogen and oxygen atoms in total. The number of halogens is 17. The summed E-state index contributed by atoms with van der Waals surface area (Å²) in [6.07, 6.45) is -7.83. The molecule has 0 heterocycles. The molecule has 0 spiro atoms. The smallest absolute Gasteiger partial charge is 0.365 e. The van der Waals surface area contributed by atoms with Gasteiger partial charge in [0.15, 0.2) is 0 Å². The molecular weight excluding hydrogens is 639 g/mol. The van der Waals surface area contributed by atoms with Crippen molar-refractivity contribution in [2.24, 2.45) is 0 Å². The van der Waals surface area contributed by atoms with Crippen molar-refractivity contribution in [3.63, 3.8) is 0 Å². The zero-order valence-corrected chi connectivity index (χ0v) is 23.7. The maximum atomic E-state index is 15.6. The van der Waals surface area contributed by atoms with Crippen molar-refractivity contribution in [2.45, 2.75) is 126 Å². The van der Waals surface area contributed by atoms with Gasteiger partial charge in [0, 0.05) is 0 Å². The lowest BCUT2D eigenvalue weighted by Crippen LogP contribution is -2.80. The van der Waals surface area contributed by atoms with Gasteiger partial charge in [-0.3, -0.25) is 0 Å². The predicted molar refractivity (Wildman–Crippen MR) is 109 cm³/mol. The minimum absolute atomic E-state index is 0.807. The topological polar surface area (TPSA) is 27.7 Å². The minimum atomic E-state index is -8.74. The highest BCUT2D eigenvalue weighted by Gasteiger charge is 2.97. The second-order valence-corrected chi connectivity index (χ2v) is 14.1. The summed E-state index contributed by atoms with van der Waals surface area (Å²) < 4.78 is 251. The lowest BCUT2D eigenvalue weighted by atomic mass is 9.91. The summed E-state index contributed by atoms with van der Waals surface area (Å²) in [5, 5.41) is 0. The first kappa shape index (κ1) is 39.9. The Bertz CT molecular complexity index is 884. The van der Waals surface area contributed by atoms with Gasteiger partial charge in [-0.1, -0.05) is 0 Å². The fourth-order valence-corrected chi connectivity index (χ4v) is 6.29. The third-order valence-electron chi connectivity index (χ3n) is 4.43. The second kappa shape index (κ2) is 10.2. The maximum absolute atomic E-state index is 15.6. The van der Waals surface area contributed by atoms with Crippen LogP contribution >= 0.6 is 0 Å². The van der Waals surface area contributed by atoms with Crippen LogP contribution in [0.25, 0.3) is 0 Å². The van der Waals surface area contributed by atoms with Crippen molar-refractivity contribution in [1.82, 2.24) is 0 Å². The second-order valence-electron chi connectivity index (χ2n) is 11.7. The number of alkyl halides is 17. The van der Waals surface area contributed by atoms with Crippen LogP contribution in [0.2, 0.25) is 0 Å². The fraction of sp³-hybridized carbons (Fsp3) is 1.00. The van der Waals surface area contributed by atoms with Gasteiger partial charge in [-0.05, 0) is 62.3 Å². The zero-order chi connectivity index (χ0) is 34.1. The van der Waals surface area contributed by atoms with Gasteiger partial charge in [0.1, 0.15) is 0 Å². The van der Waals surface area contributed by atoms with Crippen LogP contribution in [0.4, 0.5) is 74.6 Å². The molecule has 0 atom stereocenters. The molecule has 41 heavy (non-hydrogen) atoms. The first-order valence-electron chi connectivity index (χ1n) is 10.9. The molecule has 0 aromatic carbocycles. The molecule has 0 aromatic rings. The average Bonchev–Trinajstić information content (AvgIpc) is 2.61. The van der Waals surface area contributed by atoms with E-state index in [1.165, 1.54) is 0 Å². The van der Waals surface area contributed by atoms with E-state index in [0.717, 1.165) is 62.3 Å². The molecule has 0 saturated heterocycles. The number of rotatable bonds is 10. The molecular formula is C20H27F17O3Si. The molecule has 21 heteroatoms. The van der Waals surface area contributed by atoms with E-state index in [4.69, 9.17) is 13.3 Å². The van der Waals surface area contributed by atoms with E-state index < -0.39 is 72.9 Å². The average molecular weight is 666 g/mol. The van der Waals surface area contributed by atoms with Gasteiger partial charge in [0.25, 0.3) is 0 Å². The van der Waals surface area contributed by atoms with Gasteiger partial charge < -0.3 is 13.3 Å². The lowest BCUT2D eigenvalue weighted by Gasteiger charge is -2.49. The van der Waals surface area contributed by atoms with E-state index in [2.05, 4.69) is 0 Å². The number of hydrogen-bond acceptors (Lipinski definition) is 3. The predicted octanol–water partition coefficient (Wildman–Crippen LogP) is 8.92. The Balaban J connectivity index is 7.68. The highest BCUT2D eigenvalue weighted by molar-refractivity contribution is 6.64. The number of hydrogen-bond donors (Lipinski definition) is 0. The van der Waals surface area contributed by atoms with Crippen LogP contribution in [0.3, 0.4) is 0 Å². The van der Waals surface area contributed by atoms with Gasteiger partial charge in [0.2, 0.25) is 0 Å². The van der Waals surface area contributed by atoms with Crippen molar-refractivity contribution in [3.8, 4) is 0 Å². The quantitative estimate of drug-likeness (QED) is 0.172. The summed E-state index contributed by atoms with van der Waals surface area (Å²) in [5.41, 5.74) is -13.5. The first-order valence-corrected chi connectivity index (χ1v) is 12.7. The van der Waals surface area contributed by atoms with Crippen molar-refractivity contribution < 1.29 is 87.9 Å². The van der Waals surface area contributed by atoms with Gasteiger partial charge >= 0.3 is 56.1 Å². The van der Waals surface area contributed by atoms with E-state index in [-0.39, 0.29) is 0 Å². The Labute approximate surface area is 224 Å².